The Morgan fingerprint density at radius 1 is 1.07 bits per heavy atom. The summed E-state index contributed by atoms with van der Waals surface area (Å²) in [5.74, 6) is -0.610. The van der Waals surface area contributed by atoms with Gasteiger partial charge in [0, 0.05) is 31.0 Å². The second kappa shape index (κ2) is 9.41. The van der Waals surface area contributed by atoms with Gasteiger partial charge in [0.2, 0.25) is 11.0 Å². The van der Waals surface area contributed by atoms with Crippen LogP contribution in [0.4, 0.5) is 0 Å². The minimum atomic E-state index is -0.634. The summed E-state index contributed by atoms with van der Waals surface area (Å²) in [4.78, 5) is 49.0. The molecule has 0 radical (unpaired) electrons. The molecular formula is C22H19NO6S. The van der Waals surface area contributed by atoms with Crippen molar-refractivity contribution in [1.29, 1.82) is 0 Å². The van der Waals surface area contributed by atoms with Crippen LogP contribution in [0.15, 0.2) is 63.8 Å². The van der Waals surface area contributed by atoms with Crippen LogP contribution in [0.2, 0.25) is 0 Å². The second-order valence-electron chi connectivity index (χ2n) is 6.65. The number of thiol groups is 1. The zero-order valence-electron chi connectivity index (χ0n) is 16.2. The zero-order chi connectivity index (χ0) is 21.7. The number of hydrogen-bond acceptors (Lipinski definition) is 6. The Morgan fingerprint density at radius 3 is 2.47 bits per heavy atom. The normalized spacial score (nSPS) is 10.6. The summed E-state index contributed by atoms with van der Waals surface area (Å²) in [7, 11) is 0. The van der Waals surface area contributed by atoms with Gasteiger partial charge < -0.3 is 14.1 Å². The lowest BCUT2D eigenvalue weighted by molar-refractivity contribution is -0.133. The van der Waals surface area contributed by atoms with Crippen molar-refractivity contribution in [2.24, 2.45) is 0 Å². The first kappa shape index (κ1) is 21.3. The second-order valence-corrected chi connectivity index (χ2v) is 7.15. The van der Waals surface area contributed by atoms with Crippen molar-refractivity contribution < 1.29 is 23.5 Å². The van der Waals surface area contributed by atoms with Crippen molar-refractivity contribution in [2.45, 2.75) is 19.9 Å². The molecule has 0 aliphatic carbocycles. The van der Waals surface area contributed by atoms with Crippen LogP contribution < -0.4 is 10.4 Å². The van der Waals surface area contributed by atoms with Crippen molar-refractivity contribution in [1.82, 2.24) is 4.90 Å². The van der Waals surface area contributed by atoms with Crippen LogP contribution in [-0.4, -0.2) is 28.4 Å². The molecule has 0 fully saturated rings. The molecule has 1 heterocycles. The quantitative estimate of drug-likeness (QED) is 0.271. The Kier molecular flexibility index (Phi) is 6.68. The monoisotopic (exact) mass is 425 g/mol. The standard InChI is InChI=1S/C22H19NO6S/c1-14(24)28-17-7-8-18-16(10-21(26)29-19(18)11-17)9-20(25)23(13-22(27)30)12-15-5-3-2-4-6-15/h2-8,10-11H,9,12-13H2,1H3,(H,27,30). The van der Waals surface area contributed by atoms with Gasteiger partial charge in [0.05, 0.1) is 13.0 Å². The number of fused-ring (bicyclic) bond motifs is 1. The van der Waals surface area contributed by atoms with Crippen LogP contribution in [0, 0.1) is 0 Å². The number of carbonyl (C=O) groups is 3. The van der Waals surface area contributed by atoms with Crippen molar-refractivity contribution in [3.63, 3.8) is 0 Å². The molecule has 1 aromatic heterocycles. The van der Waals surface area contributed by atoms with E-state index >= 15 is 0 Å². The van der Waals surface area contributed by atoms with Gasteiger partial charge in [-0.05, 0) is 23.3 Å². The SMILES string of the molecule is CC(=O)Oc1ccc2c(CC(=O)N(CC(=O)S)Cc3ccccc3)cc(=O)oc2c1. The maximum absolute atomic E-state index is 13.0. The lowest BCUT2D eigenvalue weighted by Crippen LogP contribution is -2.35. The van der Waals surface area contributed by atoms with Crippen molar-refractivity contribution in [3.8, 4) is 5.75 Å². The lowest BCUT2D eigenvalue weighted by atomic mass is 10.1. The van der Waals surface area contributed by atoms with Gasteiger partial charge in [-0.1, -0.05) is 30.3 Å². The van der Waals surface area contributed by atoms with Crippen LogP contribution in [0.3, 0.4) is 0 Å². The Balaban J connectivity index is 1.90. The minimum Gasteiger partial charge on any atom is -0.427 e. The van der Waals surface area contributed by atoms with E-state index in [1.54, 1.807) is 12.1 Å². The fraction of sp³-hybridized carbons (Fsp3) is 0.182. The van der Waals surface area contributed by atoms with Crippen LogP contribution in [0.5, 0.6) is 5.75 Å². The van der Waals surface area contributed by atoms with Crippen molar-refractivity contribution in [3.05, 3.63) is 76.1 Å². The van der Waals surface area contributed by atoms with E-state index in [2.05, 4.69) is 12.6 Å². The van der Waals surface area contributed by atoms with E-state index in [0.29, 0.717) is 10.9 Å². The molecule has 30 heavy (non-hydrogen) atoms. The number of benzene rings is 2. The van der Waals surface area contributed by atoms with E-state index in [1.165, 1.54) is 24.0 Å². The first-order valence-electron chi connectivity index (χ1n) is 9.10. The van der Waals surface area contributed by atoms with Gasteiger partial charge in [0.15, 0.2) is 0 Å². The van der Waals surface area contributed by atoms with Gasteiger partial charge in [0.1, 0.15) is 11.3 Å². The summed E-state index contributed by atoms with van der Waals surface area (Å²) in [5, 5.41) is 0.0958. The molecule has 3 rings (SSSR count). The molecule has 8 heteroatoms. The first-order valence-corrected chi connectivity index (χ1v) is 9.55. The van der Waals surface area contributed by atoms with E-state index in [-0.39, 0.29) is 36.8 Å². The van der Waals surface area contributed by atoms with Gasteiger partial charge in [-0.15, -0.1) is 12.6 Å². The molecule has 0 aliphatic rings. The maximum atomic E-state index is 13.0. The molecular weight excluding hydrogens is 406 g/mol. The average Bonchev–Trinajstić information content (AvgIpc) is 2.67. The summed E-state index contributed by atoms with van der Waals surface area (Å²) in [6.07, 6.45) is -0.108. The predicted octanol–water partition coefficient (Wildman–Crippen LogP) is 2.75. The fourth-order valence-corrected chi connectivity index (χ4v) is 3.23. The van der Waals surface area contributed by atoms with Crippen molar-refractivity contribution >= 4 is 40.6 Å². The number of esters is 1. The van der Waals surface area contributed by atoms with Gasteiger partial charge in [-0.3, -0.25) is 14.4 Å². The molecule has 2 aromatic carbocycles. The average molecular weight is 425 g/mol. The summed E-state index contributed by atoms with van der Waals surface area (Å²) in [6, 6.07) is 15.1. The molecule has 0 atom stereocenters. The molecule has 7 nitrogen and oxygen atoms in total. The molecule has 0 bridgehead atoms. The molecule has 154 valence electrons. The lowest BCUT2D eigenvalue weighted by Gasteiger charge is -2.21. The van der Waals surface area contributed by atoms with E-state index in [1.807, 2.05) is 30.3 Å². The largest absolute Gasteiger partial charge is 0.427 e. The third-order valence-electron chi connectivity index (χ3n) is 4.30. The maximum Gasteiger partial charge on any atom is 0.336 e. The first-order chi connectivity index (χ1) is 14.3. The minimum absolute atomic E-state index is 0.108. The summed E-state index contributed by atoms with van der Waals surface area (Å²) >= 11 is 3.80. The van der Waals surface area contributed by atoms with Crippen LogP contribution >= 0.6 is 12.6 Å². The summed E-state index contributed by atoms with van der Waals surface area (Å²) < 4.78 is 10.2. The highest BCUT2D eigenvalue weighted by atomic mass is 32.1. The third-order valence-corrected chi connectivity index (χ3v) is 4.44. The highest BCUT2D eigenvalue weighted by molar-refractivity contribution is 7.96. The van der Waals surface area contributed by atoms with Crippen LogP contribution in [0.25, 0.3) is 11.0 Å². The fourth-order valence-electron chi connectivity index (χ4n) is 3.06. The predicted molar refractivity (Wildman–Crippen MR) is 113 cm³/mol. The van der Waals surface area contributed by atoms with E-state index in [9.17, 15) is 19.2 Å². The van der Waals surface area contributed by atoms with E-state index in [4.69, 9.17) is 9.15 Å². The summed E-state index contributed by atoms with van der Waals surface area (Å²) in [5.41, 5.74) is 0.878. The Hall–Kier alpha value is -3.39. The van der Waals surface area contributed by atoms with Gasteiger partial charge in [0.25, 0.3) is 0 Å². The molecule has 0 aliphatic heterocycles. The Morgan fingerprint density at radius 2 is 1.80 bits per heavy atom. The smallest absolute Gasteiger partial charge is 0.336 e. The molecule has 1 amide bonds. The molecule has 0 saturated carbocycles. The van der Waals surface area contributed by atoms with Gasteiger partial charge in [-0.2, -0.15) is 0 Å². The molecule has 0 saturated heterocycles. The number of carbonyl (C=O) groups excluding carboxylic acids is 3. The Labute approximate surface area is 177 Å². The van der Waals surface area contributed by atoms with Gasteiger partial charge >= 0.3 is 11.6 Å². The number of amides is 1. The summed E-state index contributed by atoms with van der Waals surface area (Å²) in [6.45, 7) is 1.34. The molecule has 0 unspecified atom stereocenters. The van der Waals surface area contributed by atoms with Crippen LogP contribution in [-0.2, 0) is 27.3 Å². The number of nitrogens with zero attached hydrogens (tertiary/aromatic N) is 1. The molecule has 0 spiro atoms. The number of rotatable bonds is 7. The van der Waals surface area contributed by atoms with Crippen LogP contribution in [0.1, 0.15) is 18.1 Å². The number of hydrogen-bond donors (Lipinski definition) is 1. The van der Waals surface area contributed by atoms with E-state index < -0.39 is 16.7 Å². The zero-order valence-corrected chi connectivity index (χ0v) is 17.1. The highest BCUT2D eigenvalue weighted by Crippen LogP contribution is 2.24. The topological polar surface area (TPSA) is 93.9 Å². The van der Waals surface area contributed by atoms with Crippen molar-refractivity contribution in [2.75, 3.05) is 6.54 Å². The molecule has 3 aromatic rings. The third kappa shape index (κ3) is 5.57. The molecule has 0 N–H and O–H groups in total. The van der Waals surface area contributed by atoms with E-state index in [0.717, 1.165) is 5.56 Å². The van der Waals surface area contributed by atoms with Gasteiger partial charge in [-0.25, -0.2) is 4.79 Å². The number of ether oxygens (including phenoxy) is 1. The Bertz CT molecular complexity index is 1160. The highest BCUT2D eigenvalue weighted by Gasteiger charge is 2.19.